The van der Waals surface area contributed by atoms with Gasteiger partial charge in [0.25, 0.3) is 0 Å². The van der Waals surface area contributed by atoms with E-state index in [9.17, 15) is 0 Å². The molecule has 0 unspecified atom stereocenters. The lowest BCUT2D eigenvalue weighted by Crippen LogP contribution is -2.29. The first-order valence-electron chi connectivity index (χ1n) is 6.65. The molecule has 4 heteroatoms. The lowest BCUT2D eigenvalue weighted by atomic mass is 10.1. The second-order valence-electron chi connectivity index (χ2n) is 5.37. The van der Waals surface area contributed by atoms with Gasteiger partial charge in [-0.15, -0.1) is 0 Å². The maximum atomic E-state index is 5.68. The van der Waals surface area contributed by atoms with Gasteiger partial charge in [0.05, 0.1) is 0 Å². The summed E-state index contributed by atoms with van der Waals surface area (Å²) in [4.78, 5) is 6.99. The Morgan fingerprint density at radius 2 is 2.28 bits per heavy atom. The van der Waals surface area contributed by atoms with Gasteiger partial charge in [-0.05, 0) is 31.0 Å². The highest BCUT2D eigenvalue weighted by Gasteiger charge is 2.24. The molecular weight excluding hydrogens is 242 g/mol. The van der Waals surface area contributed by atoms with Gasteiger partial charge in [-0.25, -0.2) is 4.98 Å². The maximum absolute atomic E-state index is 5.68. The van der Waals surface area contributed by atoms with Crippen LogP contribution in [0.5, 0.6) is 0 Å². The van der Waals surface area contributed by atoms with E-state index in [1.165, 1.54) is 17.7 Å². The van der Waals surface area contributed by atoms with Gasteiger partial charge in [0.1, 0.15) is 5.82 Å². The Balaban J connectivity index is 2.15. The molecular formula is C14H23N3S. The topological polar surface area (TPSA) is 42.2 Å². The highest BCUT2D eigenvalue weighted by molar-refractivity contribution is 8.00. The molecule has 100 valence electrons. The molecule has 0 aliphatic carbocycles. The van der Waals surface area contributed by atoms with Gasteiger partial charge in [0.15, 0.2) is 0 Å². The highest BCUT2D eigenvalue weighted by atomic mass is 32.2. The van der Waals surface area contributed by atoms with Crippen molar-refractivity contribution in [3.8, 4) is 0 Å². The number of aromatic nitrogens is 1. The first-order valence-corrected chi connectivity index (χ1v) is 7.64. The fourth-order valence-corrected chi connectivity index (χ4v) is 3.40. The molecule has 3 nitrogen and oxygen atoms in total. The molecule has 0 radical (unpaired) electrons. The molecule has 0 amide bonds. The van der Waals surface area contributed by atoms with Crippen molar-refractivity contribution in [3.05, 3.63) is 23.9 Å². The molecule has 2 heterocycles. The predicted molar refractivity (Wildman–Crippen MR) is 80.4 cm³/mol. The van der Waals surface area contributed by atoms with Crippen LogP contribution < -0.4 is 10.6 Å². The van der Waals surface area contributed by atoms with Crippen molar-refractivity contribution >= 4 is 17.6 Å². The Morgan fingerprint density at radius 3 is 3.06 bits per heavy atom. The van der Waals surface area contributed by atoms with E-state index in [0.29, 0.717) is 11.3 Å². The average Bonchev–Trinajstić information content (AvgIpc) is 2.52. The standard InChI is InChI=1S/C14H23N3S/c1-14(2)6-9-17(10-11-18-14)13-12(5-7-15)4-3-8-16-13/h3-4,8H,5-7,9-11,15H2,1-2H3. The molecule has 0 aromatic carbocycles. The largest absolute Gasteiger partial charge is 0.356 e. The molecule has 2 N–H and O–H groups in total. The van der Waals surface area contributed by atoms with Crippen molar-refractivity contribution in [2.75, 3.05) is 30.3 Å². The molecule has 0 saturated carbocycles. The number of rotatable bonds is 3. The van der Waals surface area contributed by atoms with E-state index < -0.39 is 0 Å². The van der Waals surface area contributed by atoms with Crippen LogP contribution in [0.4, 0.5) is 5.82 Å². The molecule has 0 atom stereocenters. The molecule has 1 aromatic heterocycles. The lowest BCUT2D eigenvalue weighted by Gasteiger charge is -2.25. The normalized spacial score (nSPS) is 19.6. The summed E-state index contributed by atoms with van der Waals surface area (Å²) < 4.78 is 0.386. The molecule has 0 bridgehead atoms. The van der Waals surface area contributed by atoms with Crippen molar-refractivity contribution in [2.45, 2.75) is 31.4 Å². The van der Waals surface area contributed by atoms with Gasteiger partial charge in [-0.2, -0.15) is 11.8 Å². The first-order chi connectivity index (χ1) is 8.62. The molecule has 1 aliphatic heterocycles. The number of thioether (sulfide) groups is 1. The Hall–Kier alpha value is -0.740. The van der Waals surface area contributed by atoms with Crippen LogP contribution in [0.1, 0.15) is 25.8 Å². The number of hydrogen-bond donors (Lipinski definition) is 1. The average molecular weight is 265 g/mol. The van der Waals surface area contributed by atoms with Crippen LogP contribution in [0.25, 0.3) is 0 Å². The van der Waals surface area contributed by atoms with Crippen LogP contribution in [0.3, 0.4) is 0 Å². The minimum absolute atomic E-state index is 0.386. The van der Waals surface area contributed by atoms with Crippen molar-refractivity contribution in [1.29, 1.82) is 0 Å². The van der Waals surface area contributed by atoms with E-state index in [0.717, 1.165) is 25.3 Å². The summed E-state index contributed by atoms with van der Waals surface area (Å²) in [5, 5.41) is 0. The summed E-state index contributed by atoms with van der Waals surface area (Å²) in [7, 11) is 0. The highest BCUT2D eigenvalue weighted by Crippen LogP contribution is 2.32. The molecule has 1 fully saturated rings. The lowest BCUT2D eigenvalue weighted by molar-refractivity contribution is 0.633. The maximum Gasteiger partial charge on any atom is 0.131 e. The Labute approximate surface area is 114 Å². The number of nitrogens with zero attached hydrogens (tertiary/aromatic N) is 2. The van der Waals surface area contributed by atoms with E-state index in [-0.39, 0.29) is 0 Å². The van der Waals surface area contributed by atoms with Gasteiger partial charge in [0, 0.05) is 29.8 Å². The summed E-state index contributed by atoms with van der Waals surface area (Å²) in [6.07, 6.45) is 4.01. The monoisotopic (exact) mass is 265 g/mol. The van der Waals surface area contributed by atoms with Crippen molar-refractivity contribution in [1.82, 2.24) is 4.98 Å². The van der Waals surface area contributed by atoms with Crippen molar-refractivity contribution in [2.24, 2.45) is 5.73 Å². The second kappa shape index (κ2) is 5.93. The van der Waals surface area contributed by atoms with Gasteiger partial charge < -0.3 is 10.6 Å². The number of nitrogens with two attached hydrogens (primary N) is 1. The summed E-state index contributed by atoms with van der Waals surface area (Å²) >= 11 is 2.06. The van der Waals surface area contributed by atoms with Crippen LogP contribution in [0, 0.1) is 0 Å². The predicted octanol–water partition coefficient (Wildman–Crippen LogP) is 2.30. The Kier molecular flexibility index (Phi) is 4.51. The van der Waals surface area contributed by atoms with Crippen LogP contribution >= 0.6 is 11.8 Å². The third kappa shape index (κ3) is 3.39. The fourth-order valence-electron chi connectivity index (χ4n) is 2.30. The summed E-state index contributed by atoms with van der Waals surface area (Å²) in [6.45, 7) is 7.53. The van der Waals surface area contributed by atoms with Gasteiger partial charge in [0.2, 0.25) is 0 Å². The van der Waals surface area contributed by atoms with E-state index in [1.54, 1.807) is 0 Å². The third-order valence-corrected chi connectivity index (χ3v) is 4.79. The van der Waals surface area contributed by atoms with Gasteiger partial charge in [-0.3, -0.25) is 0 Å². The fraction of sp³-hybridized carbons (Fsp3) is 0.643. The molecule has 0 spiro atoms. The van der Waals surface area contributed by atoms with E-state index in [4.69, 9.17) is 5.73 Å². The summed E-state index contributed by atoms with van der Waals surface area (Å²) in [5.74, 6) is 2.31. The quantitative estimate of drug-likeness (QED) is 0.910. The smallest absolute Gasteiger partial charge is 0.131 e. The third-order valence-electron chi connectivity index (χ3n) is 3.42. The minimum Gasteiger partial charge on any atom is -0.356 e. The Morgan fingerprint density at radius 1 is 1.44 bits per heavy atom. The Bertz CT molecular complexity index is 392. The first kappa shape index (κ1) is 13.7. The van der Waals surface area contributed by atoms with Crippen molar-refractivity contribution < 1.29 is 0 Å². The van der Waals surface area contributed by atoms with E-state index in [1.807, 2.05) is 12.3 Å². The number of hydrogen-bond acceptors (Lipinski definition) is 4. The zero-order chi connectivity index (χ0) is 13.0. The molecule has 1 saturated heterocycles. The van der Waals surface area contributed by atoms with Crippen LogP contribution in [0.2, 0.25) is 0 Å². The molecule has 1 aliphatic rings. The summed E-state index contributed by atoms with van der Waals surface area (Å²) in [6, 6.07) is 4.16. The minimum atomic E-state index is 0.386. The zero-order valence-electron chi connectivity index (χ0n) is 11.4. The van der Waals surface area contributed by atoms with Gasteiger partial charge >= 0.3 is 0 Å². The molecule has 1 aromatic rings. The van der Waals surface area contributed by atoms with E-state index >= 15 is 0 Å². The van der Waals surface area contributed by atoms with Crippen molar-refractivity contribution in [3.63, 3.8) is 0 Å². The van der Waals surface area contributed by atoms with Crippen LogP contribution in [0.15, 0.2) is 18.3 Å². The SMILES string of the molecule is CC1(C)CCN(c2ncccc2CCN)CCS1. The summed E-state index contributed by atoms with van der Waals surface area (Å²) in [5.41, 5.74) is 6.96. The van der Waals surface area contributed by atoms with Gasteiger partial charge in [-0.1, -0.05) is 19.9 Å². The number of pyridine rings is 1. The van der Waals surface area contributed by atoms with Crippen LogP contribution in [-0.2, 0) is 6.42 Å². The van der Waals surface area contributed by atoms with Crippen LogP contribution in [-0.4, -0.2) is 35.1 Å². The molecule has 2 rings (SSSR count). The zero-order valence-corrected chi connectivity index (χ0v) is 12.2. The molecule has 18 heavy (non-hydrogen) atoms. The number of anilines is 1. The van der Waals surface area contributed by atoms with E-state index in [2.05, 4.69) is 41.6 Å². The second-order valence-corrected chi connectivity index (χ2v) is 7.17.